The van der Waals surface area contributed by atoms with Crippen LogP contribution in [0.2, 0.25) is 0 Å². The minimum atomic E-state index is -0.699. The van der Waals surface area contributed by atoms with Crippen LogP contribution in [0, 0.1) is 22.7 Å². The molecule has 0 rings (SSSR count). The van der Waals surface area contributed by atoms with E-state index in [1.807, 2.05) is 13.8 Å². The number of Topliss-reactive ketones (excluding diaryl/α,β-unsaturated/α-hetero) is 2. The van der Waals surface area contributed by atoms with E-state index in [1.165, 1.54) is 0 Å². The standard InChI is InChI=1S/C31H61BN2O3/c1-14-24(15-2)26(36)25(21-28(9,10)11)22-34(20-7)31(18-5,19-6)29(12,16-3)27(37)32-33-30(13,17-4)23(8)35/h24-25,32-33H,14-22H2,1-13H3. The molecule has 1 N–H and O–H groups in total. The van der Waals surface area contributed by atoms with E-state index >= 15 is 0 Å². The van der Waals surface area contributed by atoms with Crippen LogP contribution in [0.5, 0.6) is 0 Å². The fourth-order valence-electron chi connectivity index (χ4n) is 6.47. The van der Waals surface area contributed by atoms with Crippen LogP contribution >= 0.6 is 0 Å². The molecule has 0 radical (unpaired) electrons. The summed E-state index contributed by atoms with van der Waals surface area (Å²) in [5.41, 5.74) is -1.50. The smallest absolute Gasteiger partial charge is 0.284 e. The van der Waals surface area contributed by atoms with Gasteiger partial charge in [0.15, 0.2) is 0 Å². The largest absolute Gasteiger partial charge is 0.341 e. The van der Waals surface area contributed by atoms with Crippen molar-refractivity contribution in [3.63, 3.8) is 0 Å². The van der Waals surface area contributed by atoms with Crippen LogP contribution < -0.4 is 5.23 Å². The highest BCUT2D eigenvalue weighted by Crippen LogP contribution is 2.46. The second kappa shape index (κ2) is 15.0. The molecule has 0 saturated heterocycles. The number of nitrogens with one attached hydrogen (secondary N) is 1. The Bertz CT molecular complexity index is 739. The lowest BCUT2D eigenvalue weighted by atomic mass is 9.55. The van der Waals surface area contributed by atoms with E-state index in [1.54, 1.807) is 6.92 Å². The summed E-state index contributed by atoms with van der Waals surface area (Å²) in [7, 11) is 0.172. The van der Waals surface area contributed by atoms with Gasteiger partial charge in [0.1, 0.15) is 17.2 Å². The number of hydrogen-bond acceptors (Lipinski definition) is 5. The quantitative estimate of drug-likeness (QED) is 0.195. The minimum absolute atomic E-state index is 0.0396. The first-order chi connectivity index (χ1) is 17.0. The third kappa shape index (κ3) is 8.49. The third-order valence-electron chi connectivity index (χ3n) is 9.72. The molecule has 0 aromatic heterocycles. The zero-order valence-electron chi connectivity index (χ0n) is 26.9. The monoisotopic (exact) mass is 520 g/mol. The Kier molecular flexibility index (Phi) is 14.6. The molecule has 0 aliphatic heterocycles. The Morgan fingerprint density at radius 2 is 1.30 bits per heavy atom. The summed E-state index contributed by atoms with van der Waals surface area (Å²) in [5.74, 6) is 0.465. The van der Waals surface area contributed by atoms with Crippen molar-refractivity contribution < 1.29 is 14.4 Å². The summed E-state index contributed by atoms with van der Waals surface area (Å²) in [6.45, 7) is 28.6. The molecule has 216 valence electrons. The first kappa shape index (κ1) is 36.0. The van der Waals surface area contributed by atoms with Gasteiger partial charge in [-0.05, 0) is 70.8 Å². The van der Waals surface area contributed by atoms with E-state index < -0.39 is 11.0 Å². The molecule has 0 fully saturated rings. The van der Waals surface area contributed by atoms with Gasteiger partial charge in [-0.2, -0.15) is 0 Å². The summed E-state index contributed by atoms with van der Waals surface area (Å²) in [4.78, 5) is 42.6. The Hall–Kier alpha value is -1.01. The van der Waals surface area contributed by atoms with Crippen molar-refractivity contribution in [2.45, 2.75) is 146 Å². The predicted molar refractivity (Wildman–Crippen MR) is 160 cm³/mol. The Balaban J connectivity index is 6.49. The molecule has 0 saturated carbocycles. The fraction of sp³-hybridized carbons (Fsp3) is 0.903. The first-order valence-electron chi connectivity index (χ1n) is 15.1. The van der Waals surface area contributed by atoms with E-state index in [2.05, 4.69) is 79.4 Å². The number of carbonyl (C=O) groups excluding carboxylic acids is 3. The van der Waals surface area contributed by atoms with Crippen molar-refractivity contribution >= 4 is 24.7 Å². The second-order valence-corrected chi connectivity index (χ2v) is 12.9. The number of carbonyl (C=O) groups is 3. The van der Waals surface area contributed by atoms with E-state index in [9.17, 15) is 14.4 Å². The lowest BCUT2D eigenvalue weighted by Gasteiger charge is -2.55. The van der Waals surface area contributed by atoms with Gasteiger partial charge in [-0.3, -0.25) is 14.5 Å². The minimum Gasteiger partial charge on any atom is -0.341 e. The van der Waals surface area contributed by atoms with E-state index in [0.29, 0.717) is 25.2 Å². The maximum Gasteiger partial charge on any atom is 0.284 e. The van der Waals surface area contributed by atoms with Gasteiger partial charge in [0.05, 0.1) is 5.54 Å². The molecule has 0 amide bonds. The van der Waals surface area contributed by atoms with Crippen LogP contribution in [0.15, 0.2) is 0 Å². The van der Waals surface area contributed by atoms with Gasteiger partial charge in [-0.15, -0.1) is 0 Å². The average molecular weight is 521 g/mol. The first-order valence-corrected chi connectivity index (χ1v) is 15.1. The molecule has 5 nitrogen and oxygen atoms in total. The van der Waals surface area contributed by atoms with Gasteiger partial charge in [0.25, 0.3) is 7.41 Å². The number of nitrogens with zero attached hydrogens (tertiary/aromatic N) is 1. The van der Waals surface area contributed by atoms with Gasteiger partial charge >= 0.3 is 0 Å². The highest BCUT2D eigenvalue weighted by atomic mass is 16.1. The van der Waals surface area contributed by atoms with Crippen LogP contribution in [-0.4, -0.2) is 53.7 Å². The fourth-order valence-corrected chi connectivity index (χ4v) is 6.47. The highest BCUT2D eigenvalue weighted by Gasteiger charge is 2.53. The van der Waals surface area contributed by atoms with Crippen LogP contribution in [0.4, 0.5) is 0 Å². The molecule has 0 aliphatic rings. The summed E-state index contributed by atoms with van der Waals surface area (Å²) in [6.07, 6.45) is 5.58. The molecular formula is C31H61BN2O3. The van der Waals surface area contributed by atoms with Gasteiger partial charge in [0, 0.05) is 29.3 Å². The molecule has 0 aromatic carbocycles. The van der Waals surface area contributed by atoms with Gasteiger partial charge in [-0.25, -0.2) is 0 Å². The van der Waals surface area contributed by atoms with Crippen LogP contribution in [0.1, 0.15) is 135 Å². The average Bonchev–Trinajstić information content (AvgIpc) is 2.85. The molecule has 0 bridgehead atoms. The normalized spacial score (nSPS) is 16.8. The van der Waals surface area contributed by atoms with Crippen LogP contribution in [-0.2, 0) is 14.4 Å². The predicted octanol–water partition coefficient (Wildman–Crippen LogP) is 6.57. The van der Waals surface area contributed by atoms with E-state index in [-0.39, 0.29) is 41.7 Å². The lowest BCUT2D eigenvalue weighted by Crippen LogP contribution is -2.65. The zero-order valence-corrected chi connectivity index (χ0v) is 26.9. The summed E-state index contributed by atoms with van der Waals surface area (Å²) in [5, 5.41) is 3.31. The number of hydrogen-bond donors (Lipinski definition) is 1. The van der Waals surface area contributed by atoms with Crippen molar-refractivity contribution in [1.29, 1.82) is 0 Å². The van der Waals surface area contributed by atoms with Gasteiger partial charge < -0.3 is 10.0 Å². The molecule has 6 heteroatoms. The highest BCUT2D eigenvalue weighted by molar-refractivity contribution is 6.73. The van der Waals surface area contributed by atoms with Crippen LogP contribution in [0.25, 0.3) is 0 Å². The van der Waals surface area contributed by atoms with Crippen molar-refractivity contribution in [2.24, 2.45) is 22.7 Å². The third-order valence-corrected chi connectivity index (χ3v) is 9.72. The maximum atomic E-state index is 14.0. The number of rotatable bonds is 19. The van der Waals surface area contributed by atoms with E-state index in [4.69, 9.17) is 0 Å². The molecule has 0 aromatic rings. The lowest BCUT2D eigenvalue weighted by molar-refractivity contribution is -0.136. The van der Waals surface area contributed by atoms with Crippen molar-refractivity contribution in [1.82, 2.24) is 10.1 Å². The van der Waals surface area contributed by atoms with Crippen molar-refractivity contribution in [3.05, 3.63) is 0 Å². The molecule has 3 atom stereocenters. The van der Waals surface area contributed by atoms with E-state index in [0.717, 1.165) is 38.6 Å². The Labute approximate surface area is 230 Å². The molecule has 37 heavy (non-hydrogen) atoms. The van der Waals surface area contributed by atoms with Crippen LogP contribution in [0.3, 0.4) is 0 Å². The second-order valence-electron chi connectivity index (χ2n) is 12.9. The molecule has 0 spiro atoms. The summed E-state index contributed by atoms with van der Waals surface area (Å²) < 4.78 is 0. The van der Waals surface area contributed by atoms with Gasteiger partial charge in [0.2, 0.25) is 0 Å². The molecule has 0 aliphatic carbocycles. The topological polar surface area (TPSA) is 66.5 Å². The maximum absolute atomic E-state index is 14.0. The summed E-state index contributed by atoms with van der Waals surface area (Å²) in [6, 6.07) is 0. The number of ketones is 2. The Morgan fingerprint density at radius 3 is 1.62 bits per heavy atom. The SMILES string of the molecule is CCC(CC)C(=O)C(CN(CC)C(CC)(CC)C(C)(CC)C(=O)BNC(C)(CC)C(C)=O)CC(C)(C)C. The Morgan fingerprint density at radius 1 is 0.784 bits per heavy atom. The van der Waals surface area contributed by atoms with Crippen molar-refractivity contribution in [2.75, 3.05) is 13.1 Å². The zero-order chi connectivity index (χ0) is 29.2. The van der Waals surface area contributed by atoms with Crippen molar-refractivity contribution in [3.8, 4) is 0 Å². The summed E-state index contributed by atoms with van der Waals surface area (Å²) >= 11 is 0. The molecule has 0 heterocycles. The molecular weight excluding hydrogens is 459 g/mol. The van der Waals surface area contributed by atoms with Gasteiger partial charge in [-0.1, -0.05) is 76.2 Å². The molecule has 3 unspecified atom stereocenters.